The van der Waals surface area contributed by atoms with Gasteiger partial charge in [0.05, 0.1) is 0 Å². The van der Waals surface area contributed by atoms with Gasteiger partial charge in [-0.25, -0.2) is 0 Å². The maximum Gasteiger partial charge on any atom is 0.232 e. The van der Waals surface area contributed by atoms with E-state index in [9.17, 15) is 0 Å². The molecule has 1 fully saturated rings. The van der Waals surface area contributed by atoms with Gasteiger partial charge < -0.3 is 15.1 Å². The van der Waals surface area contributed by atoms with Crippen LogP contribution in [0.2, 0.25) is 0 Å². The number of anilines is 3. The topological polar surface area (TPSA) is 57.2 Å². The summed E-state index contributed by atoms with van der Waals surface area (Å²) in [4.78, 5) is 17.8. The Labute approximate surface area is 125 Å². The molecule has 6 nitrogen and oxygen atoms in total. The Balaban J connectivity index is 2.33. The first-order valence-electron chi connectivity index (χ1n) is 7.08. The minimum atomic E-state index is 0.431. The van der Waals surface area contributed by atoms with E-state index in [4.69, 9.17) is 0 Å². The van der Waals surface area contributed by atoms with Crippen molar-refractivity contribution in [2.45, 2.75) is 32.1 Å². The van der Waals surface area contributed by atoms with E-state index in [0.29, 0.717) is 23.2 Å². The number of aromatic nitrogens is 3. The second-order valence-corrected chi connectivity index (χ2v) is 6.68. The molecule has 112 valence electrons. The third-order valence-corrected chi connectivity index (χ3v) is 4.83. The highest BCUT2D eigenvalue weighted by Crippen LogP contribution is 2.28. The lowest BCUT2D eigenvalue weighted by Gasteiger charge is -2.37. The monoisotopic (exact) mass is 296 g/mol. The predicted molar refractivity (Wildman–Crippen MR) is 87.0 cm³/mol. The van der Waals surface area contributed by atoms with Crippen molar-refractivity contribution >= 4 is 29.6 Å². The standard InChI is InChI=1S/C13H24N6S/c1-6-14-11-15-12(18(4)5)17-13(16-11)19-7-8-20-10(3)9(19)2/h9-10H,6-8H2,1-5H3,(H,14,15,16,17). The molecule has 1 aliphatic rings. The smallest absolute Gasteiger partial charge is 0.232 e. The van der Waals surface area contributed by atoms with Crippen LogP contribution in [0.4, 0.5) is 17.8 Å². The van der Waals surface area contributed by atoms with Crippen LogP contribution in [0.5, 0.6) is 0 Å². The summed E-state index contributed by atoms with van der Waals surface area (Å²) in [6.07, 6.45) is 0. The molecule has 1 aromatic heterocycles. The van der Waals surface area contributed by atoms with E-state index in [1.807, 2.05) is 37.7 Å². The Morgan fingerprint density at radius 3 is 2.70 bits per heavy atom. The third kappa shape index (κ3) is 3.26. The van der Waals surface area contributed by atoms with Gasteiger partial charge in [-0.1, -0.05) is 6.92 Å². The van der Waals surface area contributed by atoms with Gasteiger partial charge in [-0.05, 0) is 13.8 Å². The minimum Gasteiger partial charge on any atom is -0.354 e. The molecule has 0 bridgehead atoms. The van der Waals surface area contributed by atoms with Gasteiger partial charge in [-0.2, -0.15) is 26.7 Å². The van der Waals surface area contributed by atoms with Crippen LogP contribution in [0.15, 0.2) is 0 Å². The van der Waals surface area contributed by atoms with Gasteiger partial charge in [-0.15, -0.1) is 0 Å². The van der Waals surface area contributed by atoms with Gasteiger partial charge >= 0.3 is 0 Å². The number of nitrogens with zero attached hydrogens (tertiary/aromatic N) is 5. The average molecular weight is 296 g/mol. The largest absolute Gasteiger partial charge is 0.354 e. The van der Waals surface area contributed by atoms with E-state index in [-0.39, 0.29) is 0 Å². The Kier molecular flexibility index (Phi) is 4.91. The van der Waals surface area contributed by atoms with E-state index in [1.54, 1.807) is 0 Å². The summed E-state index contributed by atoms with van der Waals surface area (Å²) >= 11 is 2.01. The van der Waals surface area contributed by atoms with E-state index in [2.05, 4.69) is 39.0 Å². The lowest BCUT2D eigenvalue weighted by Crippen LogP contribution is -2.45. The molecule has 2 heterocycles. The van der Waals surface area contributed by atoms with Crippen LogP contribution < -0.4 is 15.1 Å². The summed E-state index contributed by atoms with van der Waals surface area (Å²) in [5.74, 6) is 3.24. The molecule has 0 radical (unpaired) electrons. The number of nitrogens with one attached hydrogen (secondary N) is 1. The molecule has 1 N–H and O–H groups in total. The fourth-order valence-electron chi connectivity index (χ4n) is 2.13. The van der Waals surface area contributed by atoms with E-state index in [1.165, 1.54) is 0 Å². The quantitative estimate of drug-likeness (QED) is 0.907. The van der Waals surface area contributed by atoms with Gasteiger partial charge in [0.2, 0.25) is 17.8 Å². The molecule has 7 heteroatoms. The maximum atomic E-state index is 4.60. The first kappa shape index (κ1) is 15.2. The fraction of sp³-hybridized carbons (Fsp3) is 0.769. The molecule has 1 aromatic rings. The molecule has 0 spiro atoms. The third-order valence-electron chi connectivity index (χ3n) is 3.49. The fourth-order valence-corrected chi connectivity index (χ4v) is 3.23. The second-order valence-electron chi connectivity index (χ2n) is 5.19. The first-order valence-corrected chi connectivity index (χ1v) is 8.13. The van der Waals surface area contributed by atoms with Crippen molar-refractivity contribution < 1.29 is 0 Å². The van der Waals surface area contributed by atoms with Gasteiger partial charge in [0, 0.05) is 44.2 Å². The number of hydrogen-bond acceptors (Lipinski definition) is 7. The second kappa shape index (κ2) is 6.47. The zero-order chi connectivity index (χ0) is 14.7. The lowest BCUT2D eigenvalue weighted by molar-refractivity contribution is 0.610. The summed E-state index contributed by atoms with van der Waals surface area (Å²) < 4.78 is 0. The summed E-state index contributed by atoms with van der Waals surface area (Å²) in [6.45, 7) is 8.33. The minimum absolute atomic E-state index is 0.431. The van der Waals surface area contributed by atoms with E-state index >= 15 is 0 Å². The molecule has 1 saturated heterocycles. The van der Waals surface area contributed by atoms with Crippen molar-refractivity contribution in [2.75, 3.05) is 48.1 Å². The van der Waals surface area contributed by atoms with Crippen molar-refractivity contribution in [2.24, 2.45) is 0 Å². The van der Waals surface area contributed by atoms with Crippen LogP contribution in [0.3, 0.4) is 0 Å². The van der Waals surface area contributed by atoms with Gasteiger partial charge in [0.25, 0.3) is 0 Å². The Morgan fingerprint density at radius 2 is 2.05 bits per heavy atom. The van der Waals surface area contributed by atoms with Crippen LogP contribution in [0.25, 0.3) is 0 Å². The van der Waals surface area contributed by atoms with Crippen LogP contribution >= 0.6 is 11.8 Å². The van der Waals surface area contributed by atoms with Crippen LogP contribution in [-0.4, -0.2) is 59.2 Å². The molecule has 2 rings (SSSR count). The molecule has 0 aromatic carbocycles. The van der Waals surface area contributed by atoms with Gasteiger partial charge in [0.15, 0.2) is 0 Å². The Bertz CT molecular complexity index is 452. The molecule has 2 atom stereocenters. The average Bonchev–Trinajstić information content (AvgIpc) is 2.42. The predicted octanol–water partition coefficient (Wildman–Crippen LogP) is 1.70. The molecular formula is C13H24N6S. The summed E-state index contributed by atoms with van der Waals surface area (Å²) in [7, 11) is 3.90. The number of hydrogen-bond donors (Lipinski definition) is 1. The molecule has 2 unspecified atom stereocenters. The Hall–Kier alpha value is -1.24. The van der Waals surface area contributed by atoms with Gasteiger partial charge in [0.1, 0.15) is 0 Å². The van der Waals surface area contributed by atoms with Gasteiger partial charge in [-0.3, -0.25) is 0 Å². The summed E-state index contributed by atoms with van der Waals surface area (Å²) in [5.41, 5.74) is 0. The molecule has 1 aliphatic heterocycles. The molecule has 20 heavy (non-hydrogen) atoms. The normalized spacial score (nSPS) is 22.8. The van der Waals surface area contributed by atoms with Crippen molar-refractivity contribution in [3.63, 3.8) is 0 Å². The Morgan fingerprint density at radius 1 is 1.30 bits per heavy atom. The highest BCUT2D eigenvalue weighted by Gasteiger charge is 2.28. The lowest BCUT2D eigenvalue weighted by atomic mass is 10.2. The van der Waals surface area contributed by atoms with Crippen molar-refractivity contribution in [3.8, 4) is 0 Å². The van der Waals surface area contributed by atoms with Crippen LogP contribution in [0.1, 0.15) is 20.8 Å². The zero-order valence-electron chi connectivity index (χ0n) is 12.9. The maximum absolute atomic E-state index is 4.60. The summed E-state index contributed by atoms with van der Waals surface area (Å²) in [6, 6.07) is 0.431. The molecule has 0 amide bonds. The molecule has 0 aliphatic carbocycles. The van der Waals surface area contributed by atoms with Crippen molar-refractivity contribution in [3.05, 3.63) is 0 Å². The molecular weight excluding hydrogens is 272 g/mol. The summed E-state index contributed by atoms with van der Waals surface area (Å²) in [5, 5.41) is 3.78. The van der Waals surface area contributed by atoms with E-state index < -0.39 is 0 Å². The highest BCUT2D eigenvalue weighted by atomic mass is 32.2. The van der Waals surface area contributed by atoms with Crippen molar-refractivity contribution in [1.82, 2.24) is 15.0 Å². The highest BCUT2D eigenvalue weighted by molar-refractivity contribution is 8.00. The zero-order valence-corrected chi connectivity index (χ0v) is 13.7. The van der Waals surface area contributed by atoms with E-state index in [0.717, 1.165) is 24.8 Å². The number of thioether (sulfide) groups is 1. The van der Waals surface area contributed by atoms with Crippen LogP contribution in [0, 0.1) is 0 Å². The van der Waals surface area contributed by atoms with Crippen LogP contribution in [-0.2, 0) is 0 Å². The van der Waals surface area contributed by atoms with Crippen molar-refractivity contribution in [1.29, 1.82) is 0 Å². The number of rotatable bonds is 4. The molecule has 0 saturated carbocycles. The SMILES string of the molecule is CCNc1nc(N(C)C)nc(N2CCSC(C)C2C)n1. The first-order chi connectivity index (χ1) is 9.52.